The van der Waals surface area contributed by atoms with Gasteiger partial charge in [-0.05, 0) is 67.8 Å². The molecule has 2 aromatic carbocycles. The molecular formula is C15H8Br2O2S. The number of fused-ring (bicyclic) bond motifs is 1. The van der Waals surface area contributed by atoms with Gasteiger partial charge in [0.1, 0.15) is 5.75 Å². The summed E-state index contributed by atoms with van der Waals surface area (Å²) in [6, 6.07) is 11.1. The molecule has 0 saturated heterocycles. The van der Waals surface area contributed by atoms with E-state index in [2.05, 4.69) is 31.9 Å². The molecule has 2 aromatic rings. The van der Waals surface area contributed by atoms with Crippen molar-refractivity contribution in [2.45, 2.75) is 4.90 Å². The second kappa shape index (κ2) is 5.39. The van der Waals surface area contributed by atoms with Crippen LogP contribution in [0, 0.1) is 0 Å². The Kier molecular flexibility index (Phi) is 3.75. The average molecular weight is 412 g/mol. The van der Waals surface area contributed by atoms with E-state index in [0.717, 1.165) is 16.0 Å². The van der Waals surface area contributed by atoms with Crippen LogP contribution in [0.5, 0.6) is 5.75 Å². The van der Waals surface area contributed by atoms with Gasteiger partial charge >= 0.3 is 0 Å². The number of halogens is 2. The number of hydrogen-bond acceptors (Lipinski definition) is 3. The number of allylic oxidation sites excluding steroid dienone is 1. The summed E-state index contributed by atoms with van der Waals surface area (Å²) in [5.74, 6) is 0.201. The molecular weight excluding hydrogens is 404 g/mol. The van der Waals surface area contributed by atoms with Crippen LogP contribution in [0.15, 0.2) is 55.1 Å². The number of thioether (sulfide) groups is 1. The number of hydrogen-bond donors (Lipinski definition) is 1. The lowest BCUT2D eigenvalue weighted by molar-refractivity contribution is 0.104. The van der Waals surface area contributed by atoms with E-state index in [1.807, 2.05) is 30.3 Å². The minimum Gasteiger partial charge on any atom is -0.506 e. The van der Waals surface area contributed by atoms with E-state index < -0.39 is 0 Å². The van der Waals surface area contributed by atoms with E-state index in [1.54, 1.807) is 12.1 Å². The molecule has 0 fully saturated rings. The first-order valence-corrected chi connectivity index (χ1v) is 8.18. The summed E-state index contributed by atoms with van der Waals surface area (Å²) in [5.41, 5.74) is 1.60. The van der Waals surface area contributed by atoms with Gasteiger partial charge in [0.2, 0.25) is 5.78 Å². The Balaban J connectivity index is 2.02. The Hall–Kier alpha value is -1.04. The third-order valence-corrected chi connectivity index (χ3v) is 5.22. The van der Waals surface area contributed by atoms with Crippen LogP contribution >= 0.6 is 43.6 Å². The number of Topliss-reactive ketones (excluding diaryl/α,β-unsaturated/α-hetero) is 1. The fraction of sp³-hybridized carbons (Fsp3) is 0. The maximum atomic E-state index is 12.3. The van der Waals surface area contributed by atoms with E-state index in [1.165, 1.54) is 11.8 Å². The van der Waals surface area contributed by atoms with E-state index in [0.29, 0.717) is 13.9 Å². The maximum absolute atomic E-state index is 12.3. The van der Waals surface area contributed by atoms with Crippen molar-refractivity contribution in [1.29, 1.82) is 0 Å². The van der Waals surface area contributed by atoms with Gasteiger partial charge in [-0.2, -0.15) is 0 Å². The van der Waals surface area contributed by atoms with Crippen LogP contribution in [-0.2, 0) is 0 Å². The largest absolute Gasteiger partial charge is 0.506 e. The van der Waals surface area contributed by atoms with E-state index >= 15 is 0 Å². The predicted octanol–water partition coefficient (Wildman–Crippen LogP) is 5.25. The standard InChI is InChI=1S/C15H8Br2O2S/c16-10-5-8(6-11(17)15(10)19)7-13-14(18)9-3-1-2-4-12(9)20-13/h1-7,19H. The second-order valence-electron chi connectivity index (χ2n) is 4.27. The van der Waals surface area contributed by atoms with Crippen LogP contribution in [0.1, 0.15) is 15.9 Å². The molecule has 0 bridgehead atoms. The van der Waals surface area contributed by atoms with Gasteiger partial charge in [0.25, 0.3) is 0 Å². The summed E-state index contributed by atoms with van der Waals surface area (Å²) in [6.45, 7) is 0. The van der Waals surface area contributed by atoms with Crippen LogP contribution in [0.2, 0.25) is 0 Å². The highest BCUT2D eigenvalue weighted by Crippen LogP contribution is 2.41. The fourth-order valence-corrected chi connectivity index (χ4v) is 4.23. The SMILES string of the molecule is O=C1C(=Cc2cc(Br)c(O)c(Br)c2)Sc2ccccc21. The molecule has 0 spiro atoms. The van der Waals surface area contributed by atoms with Crippen LogP contribution in [0.25, 0.3) is 6.08 Å². The molecule has 20 heavy (non-hydrogen) atoms. The topological polar surface area (TPSA) is 37.3 Å². The van der Waals surface area contributed by atoms with Crippen LogP contribution in [0.4, 0.5) is 0 Å². The predicted molar refractivity (Wildman–Crippen MR) is 88.1 cm³/mol. The van der Waals surface area contributed by atoms with Crippen molar-refractivity contribution in [2.24, 2.45) is 0 Å². The minimum absolute atomic E-state index is 0.0471. The monoisotopic (exact) mass is 410 g/mol. The lowest BCUT2D eigenvalue weighted by Gasteiger charge is -2.03. The van der Waals surface area contributed by atoms with Crippen molar-refractivity contribution in [3.63, 3.8) is 0 Å². The lowest BCUT2D eigenvalue weighted by atomic mass is 10.1. The highest BCUT2D eigenvalue weighted by molar-refractivity contribution is 9.11. The van der Waals surface area contributed by atoms with Gasteiger partial charge in [0.15, 0.2) is 0 Å². The molecule has 1 aliphatic heterocycles. The second-order valence-corrected chi connectivity index (χ2v) is 7.06. The molecule has 0 unspecified atom stereocenters. The smallest absolute Gasteiger partial charge is 0.200 e. The first-order chi connectivity index (χ1) is 9.56. The van der Waals surface area contributed by atoms with Crippen molar-refractivity contribution in [3.8, 4) is 5.75 Å². The number of phenols is 1. The number of ketones is 1. The Morgan fingerprint density at radius 2 is 1.75 bits per heavy atom. The number of rotatable bonds is 1. The first kappa shape index (κ1) is 13.9. The van der Waals surface area contributed by atoms with Gasteiger partial charge in [-0.1, -0.05) is 23.9 Å². The van der Waals surface area contributed by atoms with E-state index in [4.69, 9.17) is 0 Å². The molecule has 0 amide bonds. The molecule has 3 rings (SSSR count). The summed E-state index contributed by atoms with van der Waals surface area (Å²) in [4.78, 5) is 14.0. The van der Waals surface area contributed by atoms with Crippen molar-refractivity contribution in [1.82, 2.24) is 0 Å². The number of phenolic OH excluding ortho intramolecular Hbond substituents is 1. The van der Waals surface area contributed by atoms with Crippen LogP contribution in [-0.4, -0.2) is 10.9 Å². The molecule has 2 nitrogen and oxygen atoms in total. The van der Waals surface area contributed by atoms with Crippen LogP contribution < -0.4 is 0 Å². The zero-order chi connectivity index (χ0) is 14.3. The van der Waals surface area contributed by atoms with Gasteiger partial charge in [-0.25, -0.2) is 0 Å². The van der Waals surface area contributed by atoms with Gasteiger partial charge in [-0.3, -0.25) is 4.79 Å². The Morgan fingerprint density at radius 1 is 1.10 bits per heavy atom. The molecule has 1 aliphatic rings. The quantitative estimate of drug-likeness (QED) is 0.651. The maximum Gasteiger partial charge on any atom is 0.200 e. The molecule has 1 N–H and O–H groups in total. The molecule has 5 heteroatoms. The van der Waals surface area contributed by atoms with E-state index in [9.17, 15) is 9.90 Å². The molecule has 0 atom stereocenters. The normalized spacial score (nSPS) is 15.7. The molecule has 0 saturated carbocycles. The summed E-state index contributed by atoms with van der Waals surface area (Å²) in [7, 11) is 0. The summed E-state index contributed by atoms with van der Waals surface area (Å²) >= 11 is 8.05. The lowest BCUT2D eigenvalue weighted by Crippen LogP contribution is -1.93. The fourth-order valence-electron chi connectivity index (χ4n) is 1.96. The Labute approximate surface area is 137 Å². The molecule has 1 heterocycles. The zero-order valence-electron chi connectivity index (χ0n) is 10.1. The van der Waals surface area contributed by atoms with Crippen molar-refractivity contribution in [2.75, 3.05) is 0 Å². The summed E-state index contributed by atoms with van der Waals surface area (Å²) in [5, 5.41) is 9.70. The highest BCUT2D eigenvalue weighted by Gasteiger charge is 2.25. The molecule has 0 radical (unpaired) electrons. The van der Waals surface area contributed by atoms with Gasteiger partial charge in [0.05, 0.1) is 13.9 Å². The number of carbonyl (C=O) groups excluding carboxylic acids is 1. The Bertz CT molecular complexity index is 730. The van der Waals surface area contributed by atoms with E-state index in [-0.39, 0.29) is 11.5 Å². The molecule has 0 aromatic heterocycles. The van der Waals surface area contributed by atoms with Gasteiger partial charge in [-0.15, -0.1) is 0 Å². The van der Waals surface area contributed by atoms with Gasteiger partial charge < -0.3 is 5.11 Å². The van der Waals surface area contributed by atoms with Crippen molar-refractivity contribution in [3.05, 3.63) is 61.4 Å². The zero-order valence-corrected chi connectivity index (χ0v) is 14.0. The average Bonchev–Trinajstić information content (AvgIpc) is 2.73. The summed E-state index contributed by atoms with van der Waals surface area (Å²) in [6.07, 6.45) is 1.84. The molecule has 100 valence electrons. The number of carbonyl (C=O) groups is 1. The van der Waals surface area contributed by atoms with Crippen LogP contribution in [0.3, 0.4) is 0 Å². The van der Waals surface area contributed by atoms with Crippen molar-refractivity contribution < 1.29 is 9.90 Å². The van der Waals surface area contributed by atoms with Gasteiger partial charge in [0, 0.05) is 10.5 Å². The third kappa shape index (κ3) is 2.45. The first-order valence-electron chi connectivity index (χ1n) is 5.77. The number of aromatic hydroxyl groups is 1. The summed E-state index contributed by atoms with van der Waals surface area (Å²) < 4.78 is 1.18. The third-order valence-electron chi connectivity index (χ3n) is 2.91. The number of benzene rings is 2. The Morgan fingerprint density at radius 3 is 2.40 bits per heavy atom. The molecule has 0 aliphatic carbocycles. The van der Waals surface area contributed by atoms with Crippen molar-refractivity contribution >= 4 is 55.5 Å². The minimum atomic E-state index is 0.0471. The highest BCUT2D eigenvalue weighted by atomic mass is 79.9.